The van der Waals surface area contributed by atoms with Crippen LogP contribution >= 0.6 is 11.6 Å². The molecule has 7 heteroatoms. The maximum absolute atomic E-state index is 13.2. The van der Waals surface area contributed by atoms with E-state index < -0.39 is 5.91 Å². The minimum Gasteiger partial charge on any atom is -0.319 e. The zero-order chi connectivity index (χ0) is 23.5. The Labute approximate surface area is 195 Å². The van der Waals surface area contributed by atoms with Crippen molar-refractivity contribution in [1.82, 2.24) is 9.78 Å². The Balaban J connectivity index is 1.59. The first-order valence-corrected chi connectivity index (χ1v) is 10.7. The lowest BCUT2D eigenvalue weighted by atomic mass is 9.98. The van der Waals surface area contributed by atoms with Crippen LogP contribution in [0.4, 0.5) is 10.1 Å². The molecule has 0 bridgehead atoms. The zero-order valence-electron chi connectivity index (χ0n) is 18.1. The van der Waals surface area contributed by atoms with E-state index >= 15 is 0 Å². The van der Waals surface area contributed by atoms with Crippen LogP contribution in [0.1, 0.15) is 43.2 Å². The lowest BCUT2D eigenvalue weighted by Gasteiger charge is -2.11. The first-order valence-electron chi connectivity index (χ1n) is 10.3. The second-order valence-electron chi connectivity index (χ2n) is 7.67. The molecule has 0 saturated carbocycles. The minimum atomic E-state index is -0.402. The maximum Gasteiger partial charge on any atom is 0.256 e. The van der Waals surface area contributed by atoms with E-state index in [0.29, 0.717) is 34.1 Å². The Kier molecular flexibility index (Phi) is 6.38. The Morgan fingerprint density at radius 2 is 1.58 bits per heavy atom. The number of rotatable bonds is 6. The summed E-state index contributed by atoms with van der Waals surface area (Å²) in [5.74, 6) is -0.967. The average Bonchev–Trinajstić information content (AvgIpc) is 3.08. The highest BCUT2D eigenvalue weighted by molar-refractivity contribution is 6.30. The van der Waals surface area contributed by atoms with Crippen LogP contribution in [0.3, 0.4) is 0 Å². The Morgan fingerprint density at radius 3 is 2.24 bits per heavy atom. The van der Waals surface area contributed by atoms with Gasteiger partial charge in [-0.3, -0.25) is 14.3 Å². The molecule has 5 nitrogen and oxygen atoms in total. The van der Waals surface area contributed by atoms with Crippen molar-refractivity contribution in [2.24, 2.45) is 0 Å². The number of aromatic nitrogens is 2. The van der Waals surface area contributed by atoms with Gasteiger partial charge in [0, 0.05) is 16.1 Å². The van der Waals surface area contributed by atoms with E-state index in [1.54, 1.807) is 72.3 Å². The molecule has 0 aliphatic carbocycles. The summed E-state index contributed by atoms with van der Waals surface area (Å²) in [6.45, 7) is 4.09. The van der Waals surface area contributed by atoms with Crippen molar-refractivity contribution in [3.63, 3.8) is 0 Å². The number of carbonyl (C=O) groups excluding carboxylic acids is 2. The molecule has 1 amide bonds. The molecular formula is C26H21ClFN3O2. The van der Waals surface area contributed by atoms with Crippen LogP contribution in [0.2, 0.25) is 5.02 Å². The summed E-state index contributed by atoms with van der Waals surface area (Å²) < 4.78 is 14.9. The second kappa shape index (κ2) is 9.38. The van der Waals surface area contributed by atoms with Crippen LogP contribution in [-0.4, -0.2) is 21.5 Å². The van der Waals surface area contributed by atoms with Gasteiger partial charge < -0.3 is 5.32 Å². The molecule has 0 spiro atoms. The van der Waals surface area contributed by atoms with E-state index in [1.807, 2.05) is 6.92 Å². The lowest BCUT2D eigenvalue weighted by Crippen LogP contribution is -2.17. The normalized spacial score (nSPS) is 10.8. The number of halogens is 2. The van der Waals surface area contributed by atoms with E-state index in [1.165, 1.54) is 12.1 Å². The molecule has 4 rings (SSSR count). The third-order valence-corrected chi connectivity index (χ3v) is 5.64. The number of nitrogens with one attached hydrogen (secondary N) is 1. The number of anilines is 1. The van der Waals surface area contributed by atoms with E-state index in [0.717, 1.165) is 11.3 Å². The van der Waals surface area contributed by atoms with Gasteiger partial charge >= 0.3 is 0 Å². The molecule has 0 aliphatic rings. The number of carbonyl (C=O) groups is 2. The highest BCUT2D eigenvalue weighted by Gasteiger charge is 2.21. The van der Waals surface area contributed by atoms with Crippen LogP contribution in [0.15, 0.2) is 72.8 Å². The molecule has 3 aromatic carbocycles. The van der Waals surface area contributed by atoms with Crippen LogP contribution < -0.4 is 5.32 Å². The van der Waals surface area contributed by atoms with Crippen molar-refractivity contribution in [3.8, 4) is 0 Å². The van der Waals surface area contributed by atoms with Crippen LogP contribution in [0, 0.1) is 19.7 Å². The largest absolute Gasteiger partial charge is 0.319 e. The summed E-state index contributed by atoms with van der Waals surface area (Å²) in [7, 11) is 0. The maximum atomic E-state index is 13.2. The van der Waals surface area contributed by atoms with Crippen LogP contribution in [-0.2, 0) is 6.54 Å². The number of nitrogens with zero attached hydrogens (tertiary/aromatic N) is 2. The molecule has 33 heavy (non-hydrogen) atoms. The van der Waals surface area contributed by atoms with Crippen molar-refractivity contribution in [3.05, 3.63) is 117 Å². The van der Waals surface area contributed by atoms with Crippen molar-refractivity contribution in [2.75, 3.05) is 5.32 Å². The molecule has 0 unspecified atom stereocenters. The van der Waals surface area contributed by atoms with Gasteiger partial charge in [-0.15, -0.1) is 0 Å². The van der Waals surface area contributed by atoms with Gasteiger partial charge in [0.2, 0.25) is 0 Å². The smallest absolute Gasteiger partial charge is 0.256 e. The number of amides is 1. The van der Waals surface area contributed by atoms with Crippen molar-refractivity contribution >= 4 is 29.0 Å². The standard InChI is InChI=1S/C26H21ClFN3O2/c1-16-24(17(2)31(30-16)15-18-7-13-21(28)14-8-18)29-26(33)23-6-4-3-5-22(23)25(32)19-9-11-20(27)12-10-19/h3-14H,15H2,1-2H3,(H,29,33). The minimum absolute atomic E-state index is 0.266. The highest BCUT2D eigenvalue weighted by Crippen LogP contribution is 2.23. The van der Waals surface area contributed by atoms with E-state index in [4.69, 9.17) is 11.6 Å². The zero-order valence-corrected chi connectivity index (χ0v) is 18.9. The molecule has 166 valence electrons. The Morgan fingerprint density at radius 1 is 0.939 bits per heavy atom. The molecule has 1 aromatic heterocycles. The predicted molar refractivity (Wildman–Crippen MR) is 126 cm³/mol. The highest BCUT2D eigenvalue weighted by atomic mass is 35.5. The van der Waals surface area contributed by atoms with Crippen molar-refractivity contribution < 1.29 is 14.0 Å². The third-order valence-electron chi connectivity index (χ3n) is 5.39. The molecule has 1 heterocycles. The molecule has 0 fully saturated rings. The second-order valence-corrected chi connectivity index (χ2v) is 8.10. The molecule has 0 radical (unpaired) electrons. The third kappa shape index (κ3) is 4.86. The summed E-state index contributed by atoms with van der Waals surface area (Å²) >= 11 is 5.92. The number of benzene rings is 3. The summed E-state index contributed by atoms with van der Waals surface area (Å²) in [6.07, 6.45) is 0. The van der Waals surface area contributed by atoms with Gasteiger partial charge in [0.1, 0.15) is 5.82 Å². The number of hydrogen-bond donors (Lipinski definition) is 1. The SMILES string of the molecule is Cc1nn(Cc2ccc(F)cc2)c(C)c1NC(=O)c1ccccc1C(=O)c1ccc(Cl)cc1. The van der Waals surface area contributed by atoms with E-state index in [9.17, 15) is 14.0 Å². The fraction of sp³-hybridized carbons (Fsp3) is 0.115. The van der Waals surface area contributed by atoms with Crippen LogP contribution in [0.5, 0.6) is 0 Å². The molecule has 0 saturated heterocycles. The molecule has 0 aliphatic heterocycles. The van der Waals surface area contributed by atoms with Gasteiger partial charge in [-0.1, -0.05) is 41.9 Å². The molecule has 0 atom stereocenters. The lowest BCUT2D eigenvalue weighted by molar-refractivity contribution is 0.0996. The summed E-state index contributed by atoms with van der Waals surface area (Å²) in [5.41, 5.74) is 3.87. The van der Waals surface area contributed by atoms with Crippen molar-refractivity contribution in [1.29, 1.82) is 0 Å². The fourth-order valence-corrected chi connectivity index (χ4v) is 3.74. The quantitative estimate of drug-likeness (QED) is 0.368. The predicted octanol–water partition coefficient (Wildman–Crippen LogP) is 5.82. The molecule has 4 aromatic rings. The molecular weight excluding hydrogens is 441 g/mol. The Hall–Kier alpha value is -3.77. The summed E-state index contributed by atoms with van der Waals surface area (Å²) in [5, 5.41) is 7.96. The monoisotopic (exact) mass is 461 g/mol. The number of aryl methyl sites for hydroxylation is 1. The van der Waals surface area contributed by atoms with E-state index in [2.05, 4.69) is 10.4 Å². The molecule has 1 N–H and O–H groups in total. The fourth-order valence-electron chi connectivity index (χ4n) is 3.61. The van der Waals surface area contributed by atoms with Gasteiger partial charge in [0.25, 0.3) is 5.91 Å². The summed E-state index contributed by atoms with van der Waals surface area (Å²) in [4.78, 5) is 26.2. The number of hydrogen-bond acceptors (Lipinski definition) is 3. The number of ketones is 1. The van der Waals surface area contributed by atoms with Crippen LogP contribution in [0.25, 0.3) is 0 Å². The van der Waals surface area contributed by atoms with Gasteiger partial charge in [0.05, 0.1) is 29.2 Å². The summed E-state index contributed by atoms with van der Waals surface area (Å²) in [6, 6.07) is 19.4. The first kappa shape index (κ1) is 22.4. The van der Waals surface area contributed by atoms with Gasteiger partial charge in [-0.25, -0.2) is 4.39 Å². The van der Waals surface area contributed by atoms with Gasteiger partial charge in [0.15, 0.2) is 5.78 Å². The Bertz CT molecular complexity index is 1330. The topological polar surface area (TPSA) is 64.0 Å². The van der Waals surface area contributed by atoms with Gasteiger partial charge in [-0.05, 0) is 61.9 Å². The van der Waals surface area contributed by atoms with Gasteiger partial charge in [-0.2, -0.15) is 5.10 Å². The first-order chi connectivity index (χ1) is 15.8. The van der Waals surface area contributed by atoms with Crippen molar-refractivity contribution in [2.45, 2.75) is 20.4 Å². The van der Waals surface area contributed by atoms with E-state index in [-0.39, 0.29) is 17.2 Å². The average molecular weight is 462 g/mol.